The summed E-state index contributed by atoms with van der Waals surface area (Å²) in [5, 5.41) is 5.59. The van der Waals surface area contributed by atoms with Crippen molar-refractivity contribution < 1.29 is 17.9 Å². The van der Waals surface area contributed by atoms with Gasteiger partial charge in [-0.05, 0) is 64.7 Å². The molecule has 2 N–H and O–H groups in total. The third kappa shape index (κ3) is 6.96. The van der Waals surface area contributed by atoms with Crippen molar-refractivity contribution in [1.82, 2.24) is 14.6 Å². The Hall–Kier alpha value is -4.21. The molecular formula is C29H30N4O4S. The van der Waals surface area contributed by atoms with Gasteiger partial charge in [0.1, 0.15) is 5.75 Å². The summed E-state index contributed by atoms with van der Waals surface area (Å²) in [5.41, 5.74) is 4.41. The fraction of sp³-hybridized carbons (Fsp3) is 0.172. The molecule has 0 spiro atoms. The zero-order chi connectivity index (χ0) is 27.0. The van der Waals surface area contributed by atoms with Crippen LogP contribution in [0.4, 0.5) is 10.5 Å². The number of anilines is 1. The van der Waals surface area contributed by atoms with Gasteiger partial charge in [0.2, 0.25) is 10.0 Å². The van der Waals surface area contributed by atoms with Gasteiger partial charge < -0.3 is 15.4 Å². The summed E-state index contributed by atoms with van der Waals surface area (Å²) in [4.78, 5) is 16.4. The Morgan fingerprint density at radius 2 is 1.74 bits per heavy atom. The standard InChI is InChI=1S/C29H30N4O4S/c1-33(2)38(35,36)27-10-5-9-24(19-27)28-11-4-3-8-23(28)16-18-37-26-14-12-25(13-15-26)32-29(34)31-21-22-7-6-17-30-20-22/h3-15,17,19-20H,16,18,21H2,1-2H3,(H2,31,32,34). The number of ether oxygens (including phenoxy) is 1. The van der Waals surface area contributed by atoms with Crippen LogP contribution in [0.1, 0.15) is 11.1 Å². The molecular weight excluding hydrogens is 500 g/mol. The molecule has 0 saturated heterocycles. The highest BCUT2D eigenvalue weighted by Gasteiger charge is 2.18. The highest BCUT2D eigenvalue weighted by Crippen LogP contribution is 2.27. The van der Waals surface area contributed by atoms with E-state index < -0.39 is 10.0 Å². The van der Waals surface area contributed by atoms with Crippen molar-refractivity contribution in [3.63, 3.8) is 0 Å². The first-order chi connectivity index (χ1) is 18.3. The fourth-order valence-corrected chi connectivity index (χ4v) is 4.78. The molecule has 1 heterocycles. The number of carbonyl (C=O) groups excluding carboxylic acids is 1. The van der Waals surface area contributed by atoms with E-state index in [-0.39, 0.29) is 10.9 Å². The topological polar surface area (TPSA) is 101 Å². The lowest BCUT2D eigenvalue weighted by Crippen LogP contribution is -2.28. The molecule has 38 heavy (non-hydrogen) atoms. The van der Waals surface area contributed by atoms with Crippen LogP contribution in [-0.2, 0) is 23.0 Å². The summed E-state index contributed by atoms with van der Waals surface area (Å²) < 4.78 is 32.3. The van der Waals surface area contributed by atoms with Crippen LogP contribution < -0.4 is 15.4 Å². The molecule has 0 aliphatic rings. The monoisotopic (exact) mass is 530 g/mol. The van der Waals surface area contributed by atoms with Gasteiger partial charge in [-0.15, -0.1) is 0 Å². The van der Waals surface area contributed by atoms with Gasteiger partial charge in [-0.25, -0.2) is 17.5 Å². The number of hydrogen-bond acceptors (Lipinski definition) is 5. The molecule has 0 radical (unpaired) electrons. The summed E-state index contributed by atoms with van der Waals surface area (Å²) >= 11 is 0. The van der Waals surface area contributed by atoms with Crippen molar-refractivity contribution in [2.75, 3.05) is 26.0 Å². The van der Waals surface area contributed by atoms with E-state index in [4.69, 9.17) is 4.74 Å². The number of benzene rings is 3. The molecule has 0 aliphatic heterocycles. The van der Waals surface area contributed by atoms with E-state index in [0.29, 0.717) is 31.0 Å². The highest BCUT2D eigenvalue weighted by molar-refractivity contribution is 7.89. The summed E-state index contributed by atoms with van der Waals surface area (Å²) in [6, 6.07) is 25.4. The number of hydrogen-bond donors (Lipinski definition) is 2. The van der Waals surface area contributed by atoms with Gasteiger partial charge in [0.15, 0.2) is 0 Å². The molecule has 0 aliphatic carbocycles. The van der Waals surface area contributed by atoms with Crippen molar-refractivity contribution in [3.05, 3.63) is 108 Å². The molecule has 0 bridgehead atoms. The van der Waals surface area contributed by atoms with Crippen molar-refractivity contribution >= 4 is 21.7 Å². The summed E-state index contributed by atoms with van der Waals surface area (Å²) in [5.74, 6) is 0.683. The molecule has 0 atom stereocenters. The van der Waals surface area contributed by atoms with E-state index in [1.54, 1.807) is 54.9 Å². The van der Waals surface area contributed by atoms with Gasteiger partial charge in [0.25, 0.3) is 0 Å². The van der Waals surface area contributed by atoms with Crippen LogP contribution in [-0.4, -0.2) is 44.4 Å². The normalized spacial score (nSPS) is 11.2. The lowest BCUT2D eigenvalue weighted by atomic mass is 9.98. The maximum Gasteiger partial charge on any atom is 0.319 e. The number of aromatic nitrogens is 1. The average molecular weight is 531 g/mol. The van der Waals surface area contributed by atoms with Crippen molar-refractivity contribution in [2.24, 2.45) is 0 Å². The Bertz CT molecular complexity index is 1470. The molecule has 9 heteroatoms. The first-order valence-corrected chi connectivity index (χ1v) is 13.5. The van der Waals surface area contributed by atoms with Crippen molar-refractivity contribution in [1.29, 1.82) is 0 Å². The van der Waals surface area contributed by atoms with Crippen LogP contribution in [0, 0.1) is 0 Å². The van der Waals surface area contributed by atoms with Gasteiger partial charge in [-0.2, -0.15) is 0 Å². The Kier molecular flexibility index (Phi) is 8.73. The number of sulfonamides is 1. The first-order valence-electron chi connectivity index (χ1n) is 12.1. The molecule has 3 aromatic carbocycles. The average Bonchev–Trinajstić information content (AvgIpc) is 2.94. The second kappa shape index (κ2) is 12.4. The predicted molar refractivity (Wildman–Crippen MR) is 148 cm³/mol. The Morgan fingerprint density at radius 3 is 2.47 bits per heavy atom. The van der Waals surface area contributed by atoms with E-state index in [1.165, 1.54) is 18.4 Å². The van der Waals surface area contributed by atoms with Crippen LogP contribution in [0.3, 0.4) is 0 Å². The smallest absolute Gasteiger partial charge is 0.319 e. The Labute approximate surface area is 223 Å². The number of pyridine rings is 1. The highest BCUT2D eigenvalue weighted by atomic mass is 32.2. The number of nitrogens with one attached hydrogen (secondary N) is 2. The minimum atomic E-state index is -3.52. The van der Waals surface area contributed by atoms with E-state index in [0.717, 1.165) is 22.3 Å². The number of urea groups is 1. The Morgan fingerprint density at radius 1 is 0.947 bits per heavy atom. The SMILES string of the molecule is CN(C)S(=O)(=O)c1cccc(-c2ccccc2CCOc2ccc(NC(=O)NCc3cccnc3)cc2)c1. The number of carbonyl (C=O) groups is 1. The van der Waals surface area contributed by atoms with E-state index in [9.17, 15) is 13.2 Å². The molecule has 1 aromatic heterocycles. The lowest BCUT2D eigenvalue weighted by Gasteiger charge is -2.14. The molecule has 8 nitrogen and oxygen atoms in total. The largest absolute Gasteiger partial charge is 0.493 e. The molecule has 0 unspecified atom stereocenters. The van der Waals surface area contributed by atoms with Crippen molar-refractivity contribution in [2.45, 2.75) is 17.9 Å². The molecule has 0 saturated carbocycles. The van der Waals surface area contributed by atoms with E-state index in [1.807, 2.05) is 42.5 Å². The number of nitrogens with zero attached hydrogens (tertiary/aromatic N) is 2. The summed E-state index contributed by atoms with van der Waals surface area (Å²) in [6.07, 6.45) is 4.03. The van der Waals surface area contributed by atoms with Crippen LogP contribution >= 0.6 is 0 Å². The van der Waals surface area contributed by atoms with Gasteiger partial charge in [-0.3, -0.25) is 4.98 Å². The van der Waals surface area contributed by atoms with Crippen LogP contribution in [0.15, 0.2) is 102 Å². The zero-order valence-corrected chi connectivity index (χ0v) is 22.1. The predicted octanol–water partition coefficient (Wildman–Crippen LogP) is 4.94. The molecule has 196 valence electrons. The quantitative estimate of drug-likeness (QED) is 0.302. The molecule has 0 fully saturated rings. The summed E-state index contributed by atoms with van der Waals surface area (Å²) in [6.45, 7) is 0.823. The second-order valence-corrected chi connectivity index (χ2v) is 10.9. The third-order valence-electron chi connectivity index (χ3n) is 5.87. The first kappa shape index (κ1) is 26.8. The van der Waals surface area contributed by atoms with E-state index >= 15 is 0 Å². The van der Waals surface area contributed by atoms with Gasteiger partial charge in [0.05, 0.1) is 11.5 Å². The van der Waals surface area contributed by atoms with Crippen molar-refractivity contribution in [3.8, 4) is 16.9 Å². The maximum atomic E-state index is 12.6. The Balaban J connectivity index is 1.33. The number of rotatable bonds is 10. The fourth-order valence-electron chi connectivity index (χ4n) is 3.83. The molecule has 2 amide bonds. The minimum Gasteiger partial charge on any atom is -0.493 e. The van der Waals surface area contributed by atoms with Crippen LogP contribution in [0.25, 0.3) is 11.1 Å². The second-order valence-electron chi connectivity index (χ2n) is 8.76. The summed E-state index contributed by atoms with van der Waals surface area (Å²) in [7, 11) is -0.480. The van der Waals surface area contributed by atoms with E-state index in [2.05, 4.69) is 15.6 Å². The zero-order valence-electron chi connectivity index (χ0n) is 21.3. The van der Waals surface area contributed by atoms with Crippen LogP contribution in [0.2, 0.25) is 0 Å². The van der Waals surface area contributed by atoms with Gasteiger partial charge in [0, 0.05) is 45.1 Å². The molecule has 4 rings (SSSR count). The van der Waals surface area contributed by atoms with Gasteiger partial charge >= 0.3 is 6.03 Å². The van der Waals surface area contributed by atoms with Crippen LogP contribution in [0.5, 0.6) is 5.75 Å². The maximum absolute atomic E-state index is 12.6. The minimum absolute atomic E-state index is 0.255. The van der Waals surface area contributed by atoms with Gasteiger partial charge in [-0.1, -0.05) is 42.5 Å². The number of amides is 2. The third-order valence-corrected chi connectivity index (χ3v) is 7.68. The lowest BCUT2D eigenvalue weighted by molar-refractivity contribution is 0.251. The molecule has 4 aromatic rings.